The Morgan fingerprint density at radius 2 is 1.79 bits per heavy atom. The topological polar surface area (TPSA) is 86.8 Å². The fourth-order valence-electron chi connectivity index (χ4n) is 3.60. The summed E-state index contributed by atoms with van der Waals surface area (Å²) in [7, 11) is 0. The first kappa shape index (κ1) is 17.8. The number of hydrogen-bond donors (Lipinski definition) is 3. The number of halogens is 2. The van der Waals surface area contributed by atoms with Gasteiger partial charge in [-0.3, -0.25) is 4.79 Å². The first-order valence-corrected chi connectivity index (χ1v) is 9.02. The molecule has 4 N–H and O–H groups in total. The lowest BCUT2D eigenvalue weighted by Crippen LogP contribution is -2.47. The van der Waals surface area contributed by atoms with E-state index in [0.717, 1.165) is 12.8 Å². The Bertz CT molecular complexity index is 627. The van der Waals surface area contributed by atoms with Gasteiger partial charge >= 0.3 is 0 Å². The van der Waals surface area contributed by atoms with Gasteiger partial charge in [0.15, 0.2) is 0 Å². The zero-order valence-corrected chi connectivity index (χ0v) is 14.8. The van der Waals surface area contributed by atoms with Gasteiger partial charge in [0.2, 0.25) is 5.91 Å². The van der Waals surface area contributed by atoms with Crippen molar-refractivity contribution in [1.29, 1.82) is 0 Å². The van der Waals surface area contributed by atoms with Gasteiger partial charge in [0.25, 0.3) is 0 Å². The molecule has 0 bridgehead atoms. The fourth-order valence-corrected chi connectivity index (χ4v) is 3.93. The van der Waals surface area contributed by atoms with Crippen molar-refractivity contribution in [2.45, 2.75) is 37.8 Å². The summed E-state index contributed by atoms with van der Waals surface area (Å²) in [6.45, 7) is 1.32. The van der Waals surface area contributed by atoms with E-state index in [-0.39, 0.29) is 35.6 Å². The second-order valence-corrected chi connectivity index (χ2v) is 7.65. The number of carbonyl (C=O) groups excluding carboxylic acids is 1. The number of aliphatic hydroxyl groups excluding tert-OH is 1. The molecule has 3 rings (SSSR count). The van der Waals surface area contributed by atoms with Crippen LogP contribution in [0, 0.1) is 11.8 Å². The summed E-state index contributed by atoms with van der Waals surface area (Å²) in [4.78, 5) is 14.2. The molecule has 2 aliphatic rings. The lowest BCUT2D eigenvalue weighted by atomic mass is 9.80. The predicted octanol–water partition coefficient (Wildman–Crippen LogP) is 2.71. The highest BCUT2D eigenvalue weighted by Crippen LogP contribution is 2.38. The molecule has 7 heteroatoms. The van der Waals surface area contributed by atoms with E-state index in [2.05, 4.69) is 0 Å². The second kappa shape index (κ2) is 7.08. The summed E-state index contributed by atoms with van der Waals surface area (Å²) < 4.78 is 0. The van der Waals surface area contributed by atoms with Crippen LogP contribution in [0.25, 0.3) is 0 Å². The van der Waals surface area contributed by atoms with Gasteiger partial charge in [0, 0.05) is 36.7 Å². The van der Waals surface area contributed by atoms with Crippen molar-refractivity contribution < 1.29 is 15.0 Å². The van der Waals surface area contributed by atoms with Gasteiger partial charge in [0.1, 0.15) is 5.75 Å². The molecular formula is C17H22Cl2N2O3. The third-order valence-corrected chi connectivity index (χ3v) is 5.97. The van der Waals surface area contributed by atoms with Gasteiger partial charge in [-0.2, -0.15) is 0 Å². The minimum atomic E-state index is -0.345. The highest BCUT2D eigenvalue weighted by atomic mass is 35.5. The molecular weight excluding hydrogens is 351 g/mol. The van der Waals surface area contributed by atoms with E-state index in [0.29, 0.717) is 41.5 Å². The molecule has 5 nitrogen and oxygen atoms in total. The molecule has 1 aliphatic heterocycles. The van der Waals surface area contributed by atoms with E-state index < -0.39 is 0 Å². The van der Waals surface area contributed by atoms with Crippen LogP contribution in [-0.2, 0) is 4.79 Å². The zero-order valence-electron chi connectivity index (χ0n) is 13.3. The number of rotatable bonds is 3. The molecule has 1 aromatic rings. The number of aliphatic hydroxyl groups is 1. The summed E-state index contributed by atoms with van der Waals surface area (Å²) in [5.41, 5.74) is 6.92. The Labute approximate surface area is 151 Å². The first-order chi connectivity index (χ1) is 11.4. The summed E-state index contributed by atoms with van der Waals surface area (Å²) in [5.74, 6) is 0.345. The Balaban J connectivity index is 1.60. The van der Waals surface area contributed by atoms with Crippen molar-refractivity contribution in [1.82, 2.24) is 4.90 Å². The molecule has 1 aromatic carbocycles. The number of likely N-dealkylation sites (tertiary alicyclic amines) is 1. The Morgan fingerprint density at radius 3 is 2.38 bits per heavy atom. The summed E-state index contributed by atoms with van der Waals surface area (Å²) in [6.07, 6.45) is 2.40. The number of amides is 1. The number of carbonyl (C=O) groups is 1. The molecule has 1 amide bonds. The lowest BCUT2D eigenvalue weighted by Gasteiger charge is -2.39. The minimum absolute atomic E-state index is 0.0238. The average Bonchev–Trinajstić information content (AvgIpc) is 2.54. The maximum absolute atomic E-state index is 12.3. The fraction of sp³-hybridized carbons (Fsp3) is 0.588. The van der Waals surface area contributed by atoms with E-state index in [1.165, 1.54) is 6.07 Å². The van der Waals surface area contributed by atoms with Crippen LogP contribution in [0.1, 0.15) is 37.3 Å². The third kappa shape index (κ3) is 3.49. The maximum Gasteiger partial charge on any atom is 0.225 e. The van der Waals surface area contributed by atoms with Gasteiger partial charge < -0.3 is 20.8 Å². The smallest absolute Gasteiger partial charge is 0.225 e. The zero-order chi connectivity index (χ0) is 17.4. The molecule has 0 aromatic heterocycles. The molecule has 1 saturated heterocycles. The molecule has 0 radical (unpaired) electrons. The first-order valence-electron chi connectivity index (χ1n) is 8.27. The van der Waals surface area contributed by atoms with Crippen LogP contribution in [0.3, 0.4) is 0 Å². The average molecular weight is 373 g/mol. The van der Waals surface area contributed by atoms with E-state index >= 15 is 0 Å². The van der Waals surface area contributed by atoms with Crippen LogP contribution in [0.2, 0.25) is 10.0 Å². The summed E-state index contributed by atoms with van der Waals surface area (Å²) in [5, 5.41) is 20.1. The number of benzene rings is 1. The van der Waals surface area contributed by atoms with E-state index in [1.807, 2.05) is 4.90 Å². The molecule has 24 heavy (non-hydrogen) atoms. The monoisotopic (exact) mass is 372 g/mol. The summed E-state index contributed by atoms with van der Waals surface area (Å²) in [6, 6.07) is 2.69. The van der Waals surface area contributed by atoms with Gasteiger partial charge in [-0.15, -0.1) is 0 Å². The lowest BCUT2D eigenvalue weighted by molar-refractivity contribution is -0.143. The summed E-state index contributed by atoms with van der Waals surface area (Å²) >= 11 is 11.9. The maximum atomic E-state index is 12.3. The number of aromatic hydroxyl groups is 1. The Kier molecular flexibility index (Phi) is 5.25. The standard InChI is InChI=1S/C17H22Cl2N2O3/c18-13-7-12(15(23)8-14(13)19)16(20)9-1-3-21(4-2-9)17(24)10-5-11(22)6-10/h7-11,16,22-23H,1-6,20H2. The van der Waals surface area contributed by atoms with Crippen LogP contribution >= 0.6 is 23.2 Å². The van der Waals surface area contributed by atoms with Gasteiger partial charge in [-0.1, -0.05) is 23.2 Å². The molecule has 1 unspecified atom stereocenters. The van der Waals surface area contributed by atoms with Crippen LogP contribution in [0.15, 0.2) is 12.1 Å². The van der Waals surface area contributed by atoms with Crippen LogP contribution < -0.4 is 5.73 Å². The van der Waals surface area contributed by atoms with E-state index in [4.69, 9.17) is 28.9 Å². The number of hydrogen-bond acceptors (Lipinski definition) is 4. The Morgan fingerprint density at radius 1 is 1.21 bits per heavy atom. The van der Waals surface area contributed by atoms with Crippen molar-refractivity contribution in [2.75, 3.05) is 13.1 Å². The minimum Gasteiger partial charge on any atom is -0.508 e. The normalized spacial score (nSPS) is 26.1. The molecule has 132 valence electrons. The molecule has 0 spiro atoms. The van der Waals surface area contributed by atoms with Crippen molar-refractivity contribution >= 4 is 29.1 Å². The van der Waals surface area contributed by atoms with E-state index in [9.17, 15) is 15.0 Å². The number of piperidine rings is 1. The third-order valence-electron chi connectivity index (χ3n) is 5.25. The largest absolute Gasteiger partial charge is 0.508 e. The molecule has 1 saturated carbocycles. The Hall–Kier alpha value is -1.01. The van der Waals surface area contributed by atoms with Gasteiger partial charge in [0.05, 0.1) is 16.1 Å². The number of nitrogens with two attached hydrogens (primary N) is 1. The number of nitrogens with zero attached hydrogens (tertiary/aromatic N) is 1. The number of phenolic OH excluding ortho intramolecular Hbond substituents is 1. The number of phenols is 1. The van der Waals surface area contributed by atoms with Crippen LogP contribution in [0.5, 0.6) is 5.75 Å². The van der Waals surface area contributed by atoms with Crippen molar-refractivity contribution in [2.24, 2.45) is 17.6 Å². The second-order valence-electron chi connectivity index (χ2n) is 6.84. The van der Waals surface area contributed by atoms with E-state index in [1.54, 1.807) is 6.07 Å². The molecule has 1 aliphatic carbocycles. The molecule has 2 fully saturated rings. The van der Waals surface area contributed by atoms with Crippen molar-refractivity contribution in [3.8, 4) is 5.75 Å². The molecule has 1 atom stereocenters. The SMILES string of the molecule is NC(c1cc(Cl)c(Cl)cc1O)C1CCN(C(=O)C2CC(O)C2)CC1. The predicted molar refractivity (Wildman–Crippen MR) is 93.1 cm³/mol. The van der Waals surface area contributed by atoms with Crippen LogP contribution in [-0.4, -0.2) is 40.2 Å². The highest BCUT2D eigenvalue weighted by molar-refractivity contribution is 6.42. The van der Waals surface area contributed by atoms with Gasteiger partial charge in [-0.05, 0) is 37.7 Å². The van der Waals surface area contributed by atoms with Crippen molar-refractivity contribution in [3.05, 3.63) is 27.7 Å². The van der Waals surface area contributed by atoms with Crippen molar-refractivity contribution in [3.63, 3.8) is 0 Å². The highest BCUT2D eigenvalue weighted by Gasteiger charge is 2.37. The van der Waals surface area contributed by atoms with Gasteiger partial charge in [-0.25, -0.2) is 0 Å². The quantitative estimate of drug-likeness (QED) is 0.760. The molecule has 1 heterocycles. The van der Waals surface area contributed by atoms with Crippen LogP contribution in [0.4, 0.5) is 0 Å².